The maximum atomic E-state index is 9.71. The van der Waals surface area contributed by atoms with Crippen molar-refractivity contribution in [3.8, 4) is 0 Å². The Kier molecular flexibility index (Phi) is 15.2. The minimum Gasteiger partial charge on any atom is -0.390 e. The quantitative estimate of drug-likeness (QED) is 0.315. The van der Waals surface area contributed by atoms with Gasteiger partial charge in [-0.15, -0.1) is 13.2 Å². The van der Waals surface area contributed by atoms with E-state index in [2.05, 4.69) is 35.5 Å². The molecule has 10 atom stereocenters. The molecule has 0 aliphatic carbocycles. The summed E-state index contributed by atoms with van der Waals surface area (Å²) < 4.78 is 20.8. The molecular formula is C19H34O9S2. The van der Waals surface area contributed by atoms with E-state index in [4.69, 9.17) is 18.9 Å². The fourth-order valence-electron chi connectivity index (χ4n) is 2.86. The van der Waals surface area contributed by atoms with Gasteiger partial charge in [-0.25, -0.2) is 0 Å². The molecule has 2 heterocycles. The van der Waals surface area contributed by atoms with Gasteiger partial charge in [0.15, 0.2) is 12.6 Å². The molecule has 0 radical (unpaired) electrons. The van der Waals surface area contributed by atoms with Crippen molar-refractivity contribution in [3.63, 3.8) is 0 Å². The number of aliphatic hydroxyl groups excluding tert-OH is 5. The molecule has 11 heteroatoms. The maximum absolute atomic E-state index is 9.71. The Bertz CT molecular complexity index is 457. The van der Waals surface area contributed by atoms with Gasteiger partial charge in [-0.2, -0.15) is 0 Å². The van der Waals surface area contributed by atoms with E-state index in [1.807, 2.05) is 0 Å². The second-order valence-corrected chi connectivity index (χ2v) is 6.98. The molecule has 5 N–H and O–H groups in total. The molecule has 0 aromatic heterocycles. The molecule has 176 valence electrons. The summed E-state index contributed by atoms with van der Waals surface area (Å²) in [6.07, 6.45) is -4.36. The van der Waals surface area contributed by atoms with Crippen LogP contribution in [0, 0.1) is 5.92 Å². The second-order valence-electron chi connectivity index (χ2n) is 6.98. The molecule has 2 saturated heterocycles. The zero-order chi connectivity index (χ0) is 23.4. The van der Waals surface area contributed by atoms with Crippen molar-refractivity contribution in [3.05, 3.63) is 25.3 Å². The van der Waals surface area contributed by atoms with E-state index in [0.29, 0.717) is 6.61 Å². The van der Waals surface area contributed by atoms with E-state index in [-0.39, 0.29) is 18.6 Å². The van der Waals surface area contributed by atoms with Crippen molar-refractivity contribution in [1.29, 1.82) is 0 Å². The van der Waals surface area contributed by atoms with Crippen LogP contribution in [-0.4, -0.2) is 94.1 Å². The zero-order valence-electron chi connectivity index (χ0n) is 17.4. The lowest BCUT2D eigenvalue weighted by Gasteiger charge is -2.39. The number of ether oxygens (including phenoxy) is 4. The number of hydrogen-bond acceptors (Lipinski definition) is 11. The first kappa shape index (κ1) is 29.6. The van der Waals surface area contributed by atoms with E-state index in [0.717, 1.165) is 0 Å². The molecule has 4 unspecified atom stereocenters. The molecule has 30 heavy (non-hydrogen) atoms. The molecular weight excluding hydrogens is 436 g/mol. The Morgan fingerprint density at radius 2 is 1.10 bits per heavy atom. The smallest absolute Gasteiger partial charge is 0.186 e. The predicted molar refractivity (Wildman–Crippen MR) is 115 cm³/mol. The van der Waals surface area contributed by atoms with Gasteiger partial charge in [-0.05, 0) is 13.8 Å². The van der Waals surface area contributed by atoms with E-state index in [9.17, 15) is 25.5 Å². The van der Waals surface area contributed by atoms with Gasteiger partial charge in [0.25, 0.3) is 0 Å². The van der Waals surface area contributed by atoms with Crippen LogP contribution in [0.2, 0.25) is 0 Å². The summed E-state index contributed by atoms with van der Waals surface area (Å²) in [6, 6.07) is 0. The van der Waals surface area contributed by atoms with E-state index in [1.54, 1.807) is 26.8 Å². The number of rotatable bonds is 6. The van der Waals surface area contributed by atoms with Gasteiger partial charge in [0.2, 0.25) is 0 Å². The Labute approximate surface area is 187 Å². The Morgan fingerprint density at radius 3 is 1.53 bits per heavy atom. The molecule has 0 saturated carbocycles. The first-order chi connectivity index (χ1) is 14.1. The van der Waals surface area contributed by atoms with E-state index >= 15 is 0 Å². The fourth-order valence-corrected chi connectivity index (χ4v) is 2.86. The van der Waals surface area contributed by atoms with Crippen LogP contribution >= 0.6 is 0 Å². The van der Waals surface area contributed by atoms with Crippen LogP contribution in [-0.2, 0) is 41.3 Å². The molecule has 2 rings (SSSR count). The summed E-state index contributed by atoms with van der Waals surface area (Å²) >= 11 is 7.33. The summed E-state index contributed by atoms with van der Waals surface area (Å²) in [7, 11) is 0. The van der Waals surface area contributed by atoms with Gasteiger partial charge in [0.05, 0.1) is 31.5 Å². The lowest BCUT2D eigenvalue weighted by atomic mass is 9.91. The summed E-state index contributed by atoms with van der Waals surface area (Å²) in [4.78, 5) is 0. The SMILES string of the molecule is C=CCO[C@H]1OC(C)[C@H](O)C(C)[C@H]1O.C=CCO[C@H]1OC(C)[C@H](O)C(O)[C@H]1O.S=S. The molecule has 0 bridgehead atoms. The molecule has 0 aromatic carbocycles. The highest BCUT2D eigenvalue weighted by molar-refractivity contribution is 8.07. The normalized spacial score (nSPS) is 40.8. The van der Waals surface area contributed by atoms with Crippen LogP contribution in [0.25, 0.3) is 0 Å². The van der Waals surface area contributed by atoms with Crippen molar-refractivity contribution in [2.24, 2.45) is 5.92 Å². The van der Waals surface area contributed by atoms with Gasteiger partial charge in [-0.1, -0.05) is 19.1 Å². The van der Waals surface area contributed by atoms with Crippen LogP contribution in [0.3, 0.4) is 0 Å². The van der Waals surface area contributed by atoms with Crippen LogP contribution in [0.5, 0.6) is 0 Å². The average molecular weight is 471 g/mol. The Morgan fingerprint density at radius 1 is 0.700 bits per heavy atom. The van der Waals surface area contributed by atoms with Crippen molar-refractivity contribution in [2.75, 3.05) is 13.2 Å². The third-order valence-corrected chi connectivity index (χ3v) is 4.75. The van der Waals surface area contributed by atoms with E-state index in [1.165, 1.54) is 6.08 Å². The minimum atomic E-state index is -1.24. The lowest BCUT2D eigenvalue weighted by molar-refractivity contribution is -0.290. The second kappa shape index (κ2) is 15.4. The first-order valence-corrected chi connectivity index (χ1v) is 10.8. The Balaban J connectivity index is 0.000000518. The number of hydrogen-bond donors (Lipinski definition) is 5. The van der Waals surface area contributed by atoms with Gasteiger partial charge in [0.1, 0.15) is 24.4 Å². The maximum Gasteiger partial charge on any atom is 0.186 e. The topological polar surface area (TPSA) is 138 Å². The van der Waals surface area contributed by atoms with Crippen molar-refractivity contribution >= 4 is 22.4 Å². The predicted octanol–water partition coefficient (Wildman–Crippen LogP) is -0.697. The molecule has 2 fully saturated rings. The van der Waals surface area contributed by atoms with Crippen molar-refractivity contribution < 1.29 is 44.5 Å². The monoisotopic (exact) mass is 470 g/mol. The molecule has 0 amide bonds. The third kappa shape index (κ3) is 8.60. The van der Waals surface area contributed by atoms with Crippen molar-refractivity contribution in [2.45, 2.75) is 76.1 Å². The Hall–Kier alpha value is -0.440. The highest BCUT2D eigenvalue weighted by Gasteiger charge is 2.42. The lowest BCUT2D eigenvalue weighted by Crippen LogP contribution is -2.57. The molecule has 9 nitrogen and oxygen atoms in total. The van der Waals surface area contributed by atoms with Crippen LogP contribution in [0.4, 0.5) is 0 Å². The number of aliphatic hydroxyl groups is 5. The van der Waals surface area contributed by atoms with Gasteiger partial charge in [0, 0.05) is 28.3 Å². The largest absolute Gasteiger partial charge is 0.390 e. The minimum absolute atomic E-state index is 0.220. The third-order valence-electron chi connectivity index (χ3n) is 4.75. The summed E-state index contributed by atoms with van der Waals surface area (Å²) in [5.41, 5.74) is 0. The highest BCUT2D eigenvalue weighted by atomic mass is 32.8. The fraction of sp³-hybridized carbons (Fsp3) is 0.789. The standard InChI is InChI=1S/C10H18O4.C9H16O5.S2/c1-4-5-13-10-9(12)6(2)8(11)7(3)14-10;1-3-4-13-9-8(12)7(11)6(10)5(2)14-9;1-2/h4,6-12H,1,5H2,2-3H3;3,5-12H,1,4H2,2H3;/t6?,7?,8-,9-,10+;5?,6-,7?,8+,9-;/m10./s1. The van der Waals surface area contributed by atoms with Crippen LogP contribution in [0.1, 0.15) is 20.8 Å². The molecule has 2 aliphatic rings. The highest BCUT2D eigenvalue weighted by Crippen LogP contribution is 2.26. The molecule has 2 aliphatic heterocycles. The van der Waals surface area contributed by atoms with Crippen molar-refractivity contribution in [1.82, 2.24) is 0 Å². The zero-order valence-corrected chi connectivity index (χ0v) is 19.1. The summed E-state index contributed by atoms with van der Waals surface area (Å²) in [5, 5.41) is 47.5. The van der Waals surface area contributed by atoms with Crippen LogP contribution < -0.4 is 0 Å². The summed E-state index contributed by atoms with van der Waals surface area (Å²) in [5.74, 6) is -0.242. The van der Waals surface area contributed by atoms with Gasteiger partial charge < -0.3 is 44.5 Å². The molecule has 0 spiro atoms. The van der Waals surface area contributed by atoms with E-state index < -0.39 is 49.2 Å². The first-order valence-electron chi connectivity index (χ1n) is 9.48. The van der Waals surface area contributed by atoms with Gasteiger partial charge >= 0.3 is 0 Å². The van der Waals surface area contributed by atoms with Crippen LogP contribution in [0.15, 0.2) is 25.3 Å². The summed E-state index contributed by atoms with van der Waals surface area (Å²) in [6.45, 7) is 12.6. The molecule has 0 aromatic rings. The van der Waals surface area contributed by atoms with Gasteiger partial charge in [-0.3, -0.25) is 0 Å². The average Bonchev–Trinajstić information content (AvgIpc) is 2.75.